The highest BCUT2D eigenvalue weighted by Crippen LogP contribution is 2.21. The summed E-state index contributed by atoms with van der Waals surface area (Å²) in [7, 11) is 0. The maximum absolute atomic E-state index is 12.1. The quantitative estimate of drug-likeness (QED) is 0.833. The highest BCUT2D eigenvalue weighted by molar-refractivity contribution is 5.33. The first-order chi connectivity index (χ1) is 9.40. The van der Waals surface area contributed by atoms with Gasteiger partial charge in [0.1, 0.15) is 0 Å². The van der Waals surface area contributed by atoms with E-state index < -0.39 is 0 Å². The fourth-order valence-corrected chi connectivity index (χ4v) is 2.63. The normalized spacial score (nSPS) is 11.6. The van der Waals surface area contributed by atoms with Crippen LogP contribution in [0.4, 0.5) is 0 Å². The Morgan fingerprint density at radius 1 is 1.10 bits per heavy atom. The molecule has 1 heterocycles. The Morgan fingerprint density at radius 3 is 2.40 bits per heavy atom. The Hall–Kier alpha value is -1.77. The van der Waals surface area contributed by atoms with E-state index in [9.17, 15) is 4.79 Å². The molecule has 2 aromatic rings. The molecule has 3 heteroatoms. The third kappa shape index (κ3) is 2.87. The molecular weight excluding hydrogens is 248 g/mol. The van der Waals surface area contributed by atoms with Gasteiger partial charge in [0.15, 0.2) is 0 Å². The van der Waals surface area contributed by atoms with Crippen LogP contribution in [0.2, 0.25) is 0 Å². The van der Waals surface area contributed by atoms with Gasteiger partial charge in [0, 0.05) is 18.3 Å². The van der Waals surface area contributed by atoms with Gasteiger partial charge in [-0.3, -0.25) is 9.48 Å². The molecule has 1 aromatic heterocycles. The second kappa shape index (κ2) is 5.70. The van der Waals surface area contributed by atoms with Crippen LogP contribution in [0.1, 0.15) is 56.3 Å². The number of rotatable bonds is 4. The van der Waals surface area contributed by atoms with Gasteiger partial charge < -0.3 is 0 Å². The van der Waals surface area contributed by atoms with Gasteiger partial charge in [0.25, 0.3) is 5.56 Å². The van der Waals surface area contributed by atoms with Crippen LogP contribution in [0.3, 0.4) is 0 Å². The molecule has 0 aliphatic carbocycles. The van der Waals surface area contributed by atoms with Crippen molar-refractivity contribution in [1.29, 1.82) is 0 Å². The predicted molar refractivity (Wildman–Crippen MR) is 83.4 cm³/mol. The van der Waals surface area contributed by atoms with E-state index in [0.29, 0.717) is 12.5 Å². The van der Waals surface area contributed by atoms with Crippen LogP contribution in [0.5, 0.6) is 0 Å². The second-order valence-corrected chi connectivity index (χ2v) is 6.04. The molecule has 0 aliphatic rings. The molecule has 0 saturated heterocycles. The van der Waals surface area contributed by atoms with Crippen LogP contribution >= 0.6 is 0 Å². The van der Waals surface area contributed by atoms with Crippen LogP contribution in [-0.2, 0) is 6.54 Å². The summed E-state index contributed by atoms with van der Waals surface area (Å²) in [6.07, 6.45) is 1.87. The third-order valence-corrected chi connectivity index (χ3v) is 3.67. The molecule has 0 unspecified atom stereocenters. The van der Waals surface area contributed by atoms with Crippen molar-refractivity contribution in [2.45, 2.75) is 53.1 Å². The van der Waals surface area contributed by atoms with Crippen molar-refractivity contribution >= 4 is 0 Å². The Morgan fingerprint density at radius 2 is 1.80 bits per heavy atom. The molecule has 0 bridgehead atoms. The monoisotopic (exact) mass is 272 g/mol. The molecule has 0 spiro atoms. The van der Waals surface area contributed by atoms with Gasteiger partial charge in [0.05, 0.1) is 6.54 Å². The molecule has 0 fully saturated rings. The number of aryl methyl sites for hydroxylation is 1. The minimum atomic E-state index is 0.0647. The maximum Gasteiger partial charge on any atom is 0.266 e. The summed E-state index contributed by atoms with van der Waals surface area (Å²) in [5, 5.41) is 0. The van der Waals surface area contributed by atoms with Crippen LogP contribution < -0.4 is 5.56 Å². The van der Waals surface area contributed by atoms with Gasteiger partial charge in [-0.1, -0.05) is 37.6 Å². The van der Waals surface area contributed by atoms with Gasteiger partial charge in [0.2, 0.25) is 0 Å². The molecule has 0 amide bonds. The van der Waals surface area contributed by atoms with E-state index in [0.717, 1.165) is 0 Å². The van der Waals surface area contributed by atoms with Crippen molar-refractivity contribution in [3.05, 3.63) is 57.5 Å². The van der Waals surface area contributed by atoms with Gasteiger partial charge in [-0.25, -0.2) is 4.68 Å². The average molecular weight is 272 g/mol. The van der Waals surface area contributed by atoms with Crippen LogP contribution in [0.25, 0.3) is 0 Å². The summed E-state index contributed by atoms with van der Waals surface area (Å²) in [5.41, 5.74) is 3.86. The molecule has 1 aromatic carbocycles. The Balaban J connectivity index is 2.47. The van der Waals surface area contributed by atoms with E-state index in [4.69, 9.17) is 0 Å². The number of nitrogens with zero attached hydrogens (tertiary/aromatic N) is 2. The summed E-state index contributed by atoms with van der Waals surface area (Å²) >= 11 is 0. The topological polar surface area (TPSA) is 26.9 Å². The lowest BCUT2D eigenvalue weighted by atomic mass is 9.95. The highest BCUT2D eigenvalue weighted by atomic mass is 16.1. The smallest absolute Gasteiger partial charge is 0.266 e. The number of hydrogen-bond donors (Lipinski definition) is 0. The molecule has 20 heavy (non-hydrogen) atoms. The van der Waals surface area contributed by atoms with Crippen molar-refractivity contribution in [2.75, 3.05) is 0 Å². The molecule has 0 saturated carbocycles. The summed E-state index contributed by atoms with van der Waals surface area (Å²) in [4.78, 5) is 12.1. The SMILES string of the molecule is Cc1ccc(C(C)C)c(Cn2c(=O)ccn2C(C)C)c1. The fourth-order valence-electron chi connectivity index (χ4n) is 2.63. The van der Waals surface area contributed by atoms with Crippen molar-refractivity contribution in [3.63, 3.8) is 0 Å². The van der Waals surface area contributed by atoms with E-state index in [1.54, 1.807) is 6.07 Å². The van der Waals surface area contributed by atoms with E-state index >= 15 is 0 Å². The summed E-state index contributed by atoms with van der Waals surface area (Å²) in [6.45, 7) is 11.3. The zero-order chi connectivity index (χ0) is 14.9. The standard InChI is InChI=1S/C17H24N2O/c1-12(2)16-7-6-14(5)10-15(16)11-19-17(20)8-9-18(19)13(3)4/h6-10,12-13H,11H2,1-5H3. The largest absolute Gasteiger partial charge is 0.287 e. The lowest BCUT2D eigenvalue weighted by Crippen LogP contribution is -2.25. The average Bonchev–Trinajstić information content (AvgIpc) is 2.71. The minimum absolute atomic E-state index is 0.0647. The number of hydrogen-bond acceptors (Lipinski definition) is 1. The van der Waals surface area contributed by atoms with Crippen molar-refractivity contribution < 1.29 is 0 Å². The maximum atomic E-state index is 12.1. The Kier molecular flexibility index (Phi) is 4.17. The molecular formula is C17H24N2O. The Labute approximate surface area is 120 Å². The van der Waals surface area contributed by atoms with Gasteiger partial charge >= 0.3 is 0 Å². The van der Waals surface area contributed by atoms with Gasteiger partial charge in [-0.05, 0) is 37.8 Å². The van der Waals surface area contributed by atoms with Crippen molar-refractivity contribution in [1.82, 2.24) is 9.36 Å². The third-order valence-electron chi connectivity index (χ3n) is 3.67. The first-order valence-electron chi connectivity index (χ1n) is 7.27. The molecule has 3 nitrogen and oxygen atoms in total. The van der Waals surface area contributed by atoms with Crippen LogP contribution in [0, 0.1) is 6.92 Å². The number of benzene rings is 1. The molecule has 0 N–H and O–H groups in total. The first-order valence-corrected chi connectivity index (χ1v) is 7.27. The van der Waals surface area contributed by atoms with E-state index in [2.05, 4.69) is 52.8 Å². The molecule has 2 rings (SSSR count). The van der Waals surface area contributed by atoms with E-state index in [1.807, 2.05) is 15.6 Å². The first kappa shape index (κ1) is 14.6. The molecule has 108 valence electrons. The van der Waals surface area contributed by atoms with Crippen molar-refractivity contribution in [3.8, 4) is 0 Å². The van der Waals surface area contributed by atoms with E-state index in [-0.39, 0.29) is 11.6 Å². The molecule has 0 atom stereocenters. The van der Waals surface area contributed by atoms with E-state index in [1.165, 1.54) is 16.7 Å². The lowest BCUT2D eigenvalue weighted by molar-refractivity contribution is 0.420. The van der Waals surface area contributed by atoms with Gasteiger partial charge in [-0.2, -0.15) is 0 Å². The minimum Gasteiger partial charge on any atom is -0.287 e. The highest BCUT2D eigenvalue weighted by Gasteiger charge is 2.11. The fraction of sp³-hybridized carbons (Fsp3) is 0.471. The zero-order valence-electron chi connectivity index (χ0n) is 13.1. The summed E-state index contributed by atoms with van der Waals surface area (Å²) in [5.74, 6) is 0.462. The molecule has 0 aliphatic heterocycles. The predicted octanol–water partition coefficient (Wildman–Crippen LogP) is 3.71. The van der Waals surface area contributed by atoms with Crippen LogP contribution in [-0.4, -0.2) is 9.36 Å². The zero-order valence-corrected chi connectivity index (χ0v) is 13.1. The van der Waals surface area contributed by atoms with Gasteiger partial charge in [-0.15, -0.1) is 0 Å². The summed E-state index contributed by atoms with van der Waals surface area (Å²) < 4.78 is 3.83. The number of aromatic nitrogens is 2. The van der Waals surface area contributed by atoms with Crippen molar-refractivity contribution in [2.24, 2.45) is 0 Å². The second-order valence-electron chi connectivity index (χ2n) is 6.04. The molecule has 0 radical (unpaired) electrons. The van der Waals surface area contributed by atoms with Crippen LogP contribution in [0.15, 0.2) is 35.3 Å². The lowest BCUT2D eigenvalue weighted by Gasteiger charge is -2.18. The Bertz CT molecular complexity index is 647. The summed E-state index contributed by atoms with van der Waals surface area (Å²) in [6, 6.07) is 8.45.